The zero-order chi connectivity index (χ0) is 35.6. The van der Waals surface area contributed by atoms with Crippen LogP contribution in [0.5, 0.6) is 0 Å². The van der Waals surface area contributed by atoms with Gasteiger partial charge in [0.05, 0.1) is 23.9 Å². The number of halogens is 1. The summed E-state index contributed by atoms with van der Waals surface area (Å²) >= 11 is 5.93. The SMILES string of the molecule is CC(C)(C)OC(=O)C[C@@H](/C=N\NC(N)=O)NC(=O)CN1C(=O)[C@@H](COC(=O)Nc2ccc(Cl)cc2)N=C(c2ccccc2)c2ccccc21. The molecular weight excluding hydrogens is 654 g/mol. The molecule has 5 N–H and O–H groups in total. The molecule has 1 aliphatic rings. The number of esters is 1. The Morgan fingerprint density at radius 1 is 1.02 bits per heavy atom. The number of ether oxygens (including phenoxy) is 2. The van der Waals surface area contributed by atoms with E-state index < -0.39 is 60.7 Å². The Labute approximate surface area is 287 Å². The van der Waals surface area contributed by atoms with E-state index in [0.29, 0.717) is 33.2 Å². The van der Waals surface area contributed by atoms with Crippen LogP contribution in [-0.4, -0.2) is 72.7 Å². The lowest BCUT2D eigenvalue weighted by atomic mass is 10.0. The Kier molecular flexibility index (Phi) is 12.1. The molecule has 0 saturated heterocycles. The van der Waals surface area contributed by atoms with Crippen molar-refractivity contribution in [2.45, 2.75) is 44.9 Å². The molecule has 0 radical (unpaired) electrons. The molecule has 15 heteroatoms. The van der Waals surface area contributed by atoms with Gasteiger partial charge in [0.2, 0.25) is 5.91 Å². The van der Waals surface area contributed by atoms with Gasteiger partial charge in [-0.25, -0.2) is 15.0 Å². The van der Waals surface area contributed by atoms with Crippen molar-refractivity contribution in [1.29, 1.82) is 0 Å². The van der Waals surface area contributed by atoms with Gasteiger partial charge in [-0.15, -0.1) is 0 Å². The summed E-state index contributed by atoms with van der Waals surface area (Å²) in [5.41, 5.74) is 8.81. The third-order valence-corrected chi connectivity index (χ3v) is 6.93. The Bertz CT molecular complexity index is 1740. The first-order valence-corrected chi connectivity index (χ1v) is 15.5. The van der Waals surface area contributed by atoms with Crippen molar-refractivity contribution in [3.8, 4) is 0 Å². The molecule has 5 amide bonds. The minimum atomic E-state index is -1.25. The van der Waals surface area contributed by atoms with Gasteiger partial charge in [0.25, 0.3) is 5.91 Å². The Balaban J connectivity index is 1.61. The molecule has 3 aromatic carbocycles. The molecule has 0 spiro atoms. The molecule has 0 aromatic heterocycles. The summed E-state index contributed by atoms with van der Waals surface area (Å²) in [5.74, 6) is -1.94. The lowest BCUT2D eigenvalue weighted by Gasteiger charge is -2.26. The van der Waals surface area contributed by atoms with Gasteiger partial charge in [-0.1, -0.05) is 60.1 Å². The van der Waals surface area contributed by atoms with Crippen LogP contribution in [0.4, 0.5) is 21.0 Å². The normalized spacial score (nSPS) is 14.9. The number of rotatable bonds is 11. The van der Waals surface area contributed by atoms with E-state index in [2.05, 4.69) is 15.7 Å². The summed E-state index contributed by atoms with van der Waals surface area (Å²) in [6.45, 7) is 4.11. The maximum Gasteiger partial charge on any atom is 0.411 e. The first-order valence-electron chi connectivity index (χ1n) is 15.1. The Morgan fingerprint density at radius 3 is 2.37 bits per heavy atom. The van der Waals surface area contributed by atoms with E-state index in [1.54, 1.807) is 69.3 Å². The quantitative estimate of drug-likeness (QED) is 0.133. The highest BCUT2D eigenvalue weighted by Gasteiger charge is 2.34. The fourth-order valence-corrected chi connectivity index (χ4v) is 4.84. The molecule has 256 valence electrons. The number of amides is 5. The second-order valence-corrected chi connectivity index (χ2v) is 12.2. The largest absolute Gasteiger partial charge is 0.460 e. The summed E-state index contributed by atoms with van der Waals surface area (Å²) < 4.78 is 10.8. The van der Waals surface area contributed by atoms with Gasteiger partial charge < -0.3 is 25.4 Å². The molecule has 3 aromatic rings. The first kappa shape index (κ1) is 36.1. The number of fused-ring (bicyclic) bond motifs is 1. The number of para-hydroxylation sites is 1. The van der Waals surface area contributed by atoms with Crippen LogP contribution in [0.2, 0.25) is 5.02 Å². The summed E-state index contributed by atoms with van der Waals surface area (Å²) in [6, 6.07) is 19.2. The smallest absolute Gasteiger partial charge is 0.411 e. The van der Waals surface area contributed by atoms with E-state index in [9.17, 15) is 24.0 Å². The van der Waals surface area contributed by atoms with Gasteiger partial charge in [0, 0.05) is 28.1 Å². The van der Waals surface area contributed by atoms with Gasteiger partial charge in [-0.05, 0) is 51.1 Å². The fourth-order valence-electron chi connectivity index (χ4n) is 4.72. The monoisotopic (exact) mass is 689 g/mol. The van der Waals surface area contributed by atoms with Crippen LogP contribution >= 0.6 is 11.6 Å². The summed E-state index contributed by atoms with van der Waals surface area (Å²) in [7, 11) is 0. The number of nitrogens with one attached hydrogen (secondary N) is 3. The fraction of sp³-hybridized carbons (Fsp3) is 0.265. The minimum absolute atomic E-state index is 0.335. The average molecular weight is 690 g/mol. The number of hydrogen-bond donors (Lipinski definition) is 4. The lowest BCUT2D eigenvalue weighted by molar-refractivity contribution is -0.155. The number of carbonyl (C=O) groups is 5. The molecule has 0 fully saturated rings. The molecule has 14 nitrogen and oxygen atoms in total. The highest BCUT2D eigenvalue weighted by atomic mass is 35.5. The number of primary amides is 1. The van der Waals surface area contributed by atoms with Gasteiger partial charge in [-0.2, -0.15) is 5.10 Å². The van der Waals surface area contributed by atoms with Crippen molar-refractivity contribution in [3.63, 3.8) is 0 Å². The van der Waals surface area contributed by atoms with Crippen LogP contribution in [0, 0.1) is 0 Å². The number of nitrogens with zero attached hydrogens (tertiary/aromatic N) is 3. The van der Waals surface area contributed by atoms with Crippen molar-refractivity contribution < 1.29 is 33.4 Å². The summed E-state index contributed by atoms with van der Waals surface area (Å²) in [5, 5.41) is 9.40. The highest BCUT2D eigenvalue weighted by molar-refractivity contribution is 6.30. The lowest BCUT2D eigenvalue weighted by Crippen LogP contribution is -2.48. The molecule has 49 heavy (non-hydrogen) atoms. The van der Waals surface area contributed by atoms with Crippen molar-refractivity contribution >= 4 is 64.8 Å². The molecule has 4 rings (SSSR count). The molecule has 0 bridgehead atoms. The molecular formula is C34H36ClN7O7. The van der Waals surface area contributed by atoms with Gasteiger partial charge >= 0.3 is 18.1 Å². The molecule has 0 unspecified atom stereocenters. The van der Waals surface area contributed by atoms with Crippen LogP contribution in [0.25, 0.3) is 0 Å². The van der Waals surface area contributed by atoms with E-state index >= 15 is 0 Å². The Hall–Kier alpha value is -5.76. The number of benzodiazepines with no additional fused rings is 1. The number of carbonyl (C=O) groups excluding carboxylic acids is 5. The Morgan fingerprint density at radius 2 is 1.69 bits per heavy atom. The summed E-state index contributed by atoms with van der Waals surface area (Å²) in [6.07, 6.45) is -0.0403. The van der Waals surface area contributed by atoms with Crippen LogP contribution in [0.1, 0.15) is 38.3 Å². The van der Waals surface area contributed by atoms with Crippen LogP contribution in [-0.2, 0) is 23.9 Å². The number of urea groups is 1. The summed E-state index contributed by atoms with van der Waals surface area (Å²) in [4.78, 5) is 70.1. The van der Waals surface area contributed by atoms with Crippen molar-refractivity contribution in [3.05, 3.63) is 95.0 Å². The van der Waals surface area contributed by atoms with E-state index in [4.69, 9.17) is 31.8 Å². The van der Waals surface area contributed by atoms with E-state index in [-0.39, 0.29) is 6.42 Å². The number of aliphatic imine (C=N–C) groups is 1. The highest BCUT2D eigenvalue weighted by Crippen LogP contribution is 2.29. The van der Waals surface area contributed by atoms with Gasteiger partial charge in [0.1, 0.15) is 18.8 Å². The molecule has 2 atom stereocenters. The topological polar surface area (TPSA) is 194 Å². The van der Waals surface area contributed by atoms with Gasteiger partial charge in [-0.3, -0.25) is 24.7 Å². The third kappa shape index (κ3) is 10.9. The van der Waals surface area contributed by atoms with Crippen molar-refractivity contribution in [2.24, 2.45) is 15.8 Å². The molecule has 1 aliphatic heterocycles. The molecule has 1 heterocycles. The number of nitrogens with two attached hydrogens (primary N) is 1. The average Bonchev–Trinajstić information content (AvgIpc) is 3.14. The minimum Gasteiger partial charge on any atom is -0.460 e. The number of hydrogen-bond acceptors (Lipinski definition) is 9. The zero-order valence-corrected chi connectivity index (χ0v) is 27.8. The molecule has 0 aliphatic carbocycles. The number of benzene rings is 3. The first-order chi connectivity index (χ1) is 23.3. The van der Waals surface area contributed by atoms with Crippen LogP contribution in [0.3, 0.4) is 0 Å². The zero-order valence-electron chi connectivity index (χ0n) is 27.0. The maximum atomic E-state index is 14.1. The predicted molar refractivity (Wildman–Crippen MR) is 185 cm³/mol. The van der Waals surface area contributed by atoms with Crippen molar-refractivity contribution in [2.75, 3.05) is 23.4 Å². The predicted octanol–water partition coefficient (Wildman–Crippen LogP) is 4.01. The number of anilines is 2. The van der Waals surface area contributed by atoms with E-state index in [1.165, 1.54) is 4.90 Å². The molecule has 0 saturated carbocycles. The van der Waals surface area contributed by atoms with E-state index in [0.717, 1.165) is 6.21 Å². The van der Waals surface area contributed by atoms with E-state index in [1.807, 2.05) is 35.8 Å². The number of hydrazone groups is 1. The standard InChI is InChI=1S/C34H36ClN7O7/c1-34(2,3)49-29(44)17-24(18-37-41-32(36)46)38-28(43)19-42-27-12-8-7-11-25(27)30(21-9-5-4-6-10-21)40-26(31(42)45)20-48-33(47)39-23-15-13-22(35)14-16-23/h4-16,18,24,26H,17,19-20H2,1-3H3,(H,38,43)(H,39,47)(H3,36,41,46)/b37-18-/t24-,26+/m0/s1. The maximum absolute atomic E-state index is 14.1. The third-order valence-electron chi connectivity index (χ3n) is 6.68. The van der Waals surface area contributed by atoms with Crippen molar-refractivity contribution in [1.82, 2.24) is 10.7 Å². The second kappa shape index (κ2) is 16.4. The second-order valence-electron chi connectivity index (χ2n) is 11.8. The van der Waals surface area contributed by atoms with Gasteiger partial charge in [0.15, 0.2) is 6.04 Å². The van der Waals surface area contributed by atoms with Crippen LogP contribution < -0.4 is 26.7 Å². The van der Waals surface area contributed by atoms with Crippen LogP contribution in [0.15, 0.2) is 89.0 Å².